The average Bonchev–Trinajstić information content (AvgIpc) is 2.61. The molecule has 0 bridgehead atoms. The first-order valence-electron chi connectivity index (χ1n) is 9.07. The van der Waals surface area contributed by atoms with Crippen molar-refractivity contribution in [3.05, 3.63) is 29.6 Å². The van der Waals surface area contributed by atoms with Crippen molar-refractivity contribution in [1.82, 2.24) is 5.32 Å². The average molecular weight is 348 g/mol. The molecule has 136 valence electrons. The molecule has 0 saturated heterocycles. The fraction of sp³-hybridized carbons (Fsp3) is 0.579. The van der Waals surface area contributed by atoms with Gasteiger partial charge in [-0.3, -0.25) is 9.59 Å². The second-order valence-corrected chi connectivity index (χ2v) is 6.97. The van der Waals surface area contributed by atoms with Crippen LogP contribution in [0.2, 0.25) is 0 Å². The number of hydrogen-bond acceptors (Lipinski definition) is 3. The number of carbonyl (C=O) groups is 2. The van der Waals surface area contributed by atoms with Crippen LogP contribution in [0.5, 0.6) is 0 Å². The van der Waals surface area contributed by atoms with E-state index in [9.17, 15) is 19.1 Å². The first kappa shape index (κ1) is 17.9. The Kier molecular flexibility index (Phi) is 5.68. The van der Waals surface area contributed by atoms with Gasteiger partial charge in [0.25, 0.3) is 0 Å². The largest absolute Gasteiger partial charge is 0.396 e. The molecule has 1 aliphatic carbocycles. The Morgan fingerprint density at radius 1 is 1.28 bits per heavy atom. The van der Waals surface area contributed by atoms with Gasteiger partial charge < -0.3 is 15.3 Å². The van der Waals surface area contributed by atoms with Gasteiger partial charge in [0.1, 0.15) is 5.82 Å². The zero-order chi connectivity index (χ0) is 17.8. The molecular formula is C19H25FN2O3. The van der Waals surface area contributed by atoms with Crippen molar-refractivity contribution >= 4 is 17.5 Å². The van der Waals surface area contributed by atoms with Crippen LogP contribution in [0, 0.1) is 11.7 Å². The summed E-state index contributed by atoms with van der Waals surface area (Å²) in [4.78, 5) is 26.1. The van der Waals surface area contributed by atoms with E-state index in [2.05, 4.69) is 5.32 Å². The van der Waals surface area contributed by atoms with Crippen molar-refractivity contribution in [2.24, 2.45) is 5.92 Å². The molecule has 0 spiro atoms. The number of aliphatic hydroxyl groups is 1. The zero-order valence-corrected chi connectivity index (χ0v) is 14.3. The van der Waals surface area contributed by atoms with E-state index in [4.69, 9.17) is 0 Å². The van der Waals surface area contributed by atoms with Gasteiger partial charge in [-0.05, 0) is 43.0 Å². The molecule has 1 aliphatic heterocycles. The van der Waals surface area contributed by atoms with Crippen molar-refractivity contribution in [1.29, 1.82) is 0 Å². The number of halogens is 1. The Bertz CT molecular complexity index is 650. The van der Waals surface area contributed by atoms with Gasteiger partial charge in [0.2, 0.25) is 11.8 Å². The van der Waals surface area contributed by atoms with Crippen LogP contribution in [0.4, 0.5) is 10.1 Å². The number of nitrogens with zero attached hydrogens (tertiary/aromatic N) is 1. The molecule has 3 rings (SSSR count). The molecule has 0 aromatic heterocycles. The lowest BCUT2D eigenvalue weighted by Crippen LogP contribution is -2.45. The third-order valence-electron chi connectivity index (χ3n) is 5.29. The number of aryl methyl sites for hydroxylation is 1. The van der Waals surface area contributed by atoms with E-state index in [1.54, 1.807) is 11.0 Å². The SMILES string of the molecule is O=C(CCN1C(=O)CCc2cc(F)ccc21)NC1CCCCC1CO. The molecule has 2 amide bonds. The first-order valence-corrected chi connectivity index (χ1v) is 9.07. The van der Waals surface area contributed by atoms with Gasteiger partial charge in [-0.1, -0.05) is 12.8 Å². The number of benzene rings is 1. The van der Waals surface area contributed by atoms with Crippen LogP contribution < -0.4 is 10.2 Å². The van der Waals surface area contributed by atoms with E-state index in [-0.39, 0.29) is 42.6 Å². The Morgan fingerprint density at radius 3 is 2.88 bits per heavy atom. The molecular weight excluding hydrogens is 323 g/mol. The van der Waals surface area contributed by atoms with Crippen LogP contribution in [-0.2, 0) is 16.0 Å². The third-order valence-corrected chi connectivity index (χ3v) is 5.29. The number of fused-ring (bicyclic) bond motifs is 1. The number of hydrogen-bond donors (Lipinski definition) is 2. The minimum absolute atomic E-state index is 0.0182. The van der Waals surface area contributed by atoms with E-state index in [0.29, 0.717) is 25.1 Å². The summed E-state index contributed by atoms with van der Waals surface area (Å²) in [6.07, 6.45) is 5.06. The monoisotopic (exact) mass is 348 g/mol. The number of carbonyl (C=O) groups excluding carboxylic acids is 2. The lowest BCUT2D eigenvalue weighted by atomic mass is 9.85. The molecule has 0 radical (unpaired) electrons. The highest BCUT2D eigenvalue weighted by Gasteiger charge is 2.27. The predicted molar refractivity (Wildman–Crippen MR) is 92.7 cm³/mol. The smallest absolute Gasteiger partial charge is 0.227 e. The second kappa shape index (κ2) is 7.95. The highest BCUT2D eigenvalue weighted by atomic mass is 19.1. The second-order valence-electron chi connectivity index (χ2n) is 6.97. The topological polar surface area (TPSA) is 69.6 Å². The summed E-state index contributed by atoms with van der Waals surface area (Å²) in [5, 5.41) is 12.5. The Balaban J connectivity index is 1.59. The van der Waals surface area contributed by atoms with Crippen LogP contribution in [0.25, 0.3) is 0 Å². The highest BCUT2D eigenvalue weighted by Crippen LogP contribution is 2.29. The summed E-state index contributed by atoms with van der Waals surface area (Å²) in [6.45, 7) is 0.383. The number of aliphatic hydroxyl groups excluding tert-OH is 1. The summed E-state index contributed by atoms with van der Waals surface area (Å²) >= 11 is 0. The van der Waals surface area contributed by atoms with E-state index in [1.807, 2.05) is 0 Å². The lowest BCUT2D eigenvalue weighted by Gasteiger charge is -2.32. The van der Waals surface area contributed by atoms with Gasteiger partial charge in [0.05, 0.1) is 0 Å². The molecule has 2 N–H and O–H groups in total. The van der Waals surface area contributed by atoms with E-state index in [0.717, 1.165) is 31.2 Å². The van der Waals surface area contributed by atoms with Crippen molar-refractivity contribution in [3.8, 4) is 0 Å². The molecule has 2 unspecified atom stereocenters. The predicted octanol–water partition coefficient (Wildman–Crippen LogP) is 2.16. The molecule has 2 atom stereocenters. The molecule has 1 saturated carbocycles. The summed E-state index contributed by atoms with van der Waals surface area (Å²) in [5.41, 5.74) is 1.52. The molecule has 2 aliphatic rings. The van der Waals surface area contributed by atoms with Crippen molar-refractivity contribution in [3.63, 3.8) is 0 Å². The summed E-state index contributed by atoms with van der Waals surface area (Å²) in [5.74, 6) is -0.318. The molecule has 1 fully saturated rings. The standard InChI is InChI=1S/C19H25FN2O3/c20-15-6-7-17-13(11-15)5-8-19(25)22(17)10-9-18(24)21-16-4-2-1-3-14(16)12-23/h6-7,11,14,16,23H,1-5,8-10,12H2,(H,21,24). The fourth-order valence-corrected chi connectivity index (χ4v) is 3.88. The van der Waals surface area contributed by atoms with E-state index in [1.165, 1.54) is 12.1 Å². The van der Waals surface area contributed by atoms with Gasteiger partial charge >= 0.3 is 0 Å². The van der Waals surface area contributed by atoms with Gasteiger partial charge in [-0.2, -0.15) is 0 Å². The van der Waals surface area contributed by atoms with Gasteiger partial charge in [0, 0.05) is 43.6 Å². The molecule has 1 aromatic carbocycles. The number of rotatable bonds is 5. The normalized spacial score (nSPS) is 23.3. The van der Waals surface area contributed by atoms with Crippen LogP contribution in [0.3, 0.4) is 0 Å². The highest BCUT2D eigenvalue weighted by molar-refractivity contribution is 5.97. The van der Waals surface area contributed by atoms with Crippen molar-refractivity contribution in [2.45, 2.75) is 51.0 Å². The zero-order valence-electron chi connectivity index (χ0n) is 14.3. The fourth-order valence-electron chi connectivity index (χ4n) is 3.88. The Hall–Kier alpha value is -1.95. The van der Waals surface area contributed by atoms with Gasteiger partial charge in [0.15, 0.2) is 0 Å². The summed E-state index contributed by atoms with van der Waals surface area (Å²) in [7, 11) is 0. The van der Waals surface area contributed by atoms with Crippen molar-refractivity contribution < 1.29 is 19.1 Å². The minimum atomic E-state index is -0.307. The summed E-state index contributed by atoms with van der Waals surface area (Å²) in [6, 6.07) is 4.44. The van der Waals surface area contributed by atoms with Crippen LogP contribution in [0.15, 0.2) is 18.2 Å². The van der Waals surface area contributed by atoms with Crippen LogP contribution >= 0.6 is 0 Å². The maximum absolute atomic E-state index is 13.4. The molecule has 1 heterocycles. The minimum Gasteiger partial charge on any atom is -0.396 e. The lowest BCUT2D eigenvalue weighted by molar-refractivity contribution is -0.122. The molecule has 6 heteroatoms. The van der Waals surface area contributed by atoms with Gasteiger partial charge in [-0.15, -0.1) is 0 Å². The van der Waals surface area contributed by atoms with Crippen molar-refractivity contribution in [2.75, 3.05) is 18.1 Å². The molecule has 1 aromatic rings. The van der Waals surface area contributed by atoms with Crippen LogP contribution in [-0.4, -0.2) is 36.1 Å². The van der Waals surface area contributed by atoms with E-state index >= 15 is 0 Å². The maximum atomic E-state index is 13.4. The third kappa shape index (κ3) is 4.18. The maximum Gasteiger partial charge on any atom is 0.227 e. The Labute approximate surface area is 147 Å². The summed E-state index contributed by atoms with van der Waals surface area (Å²) < 4.78 is 13.4. The first-order chi connectivity index (χ1) is 12.1. The van der Waals surface area contributed by atoms with E-state index < -0.39 is 0 Å². The van der Waals surface area contributed by atoms with Crippen LogP contribution in [0.1, 0.15) is 44.1 Å². The quantitative estimate of drug-likeness (QED) is 0.857. The number of amides is 2. The number of anilines is 1. The molecule has 25 heavy (non-hydrogen) atoms. The Morgan fingerprint density at radius 2 is 2.08 bits per heavy atom. The number of nitrogens with one attached hydrogen (secondary N) is 1. The molecule has 5 nitrogen and oxygen atoms in total. The van der Waals surface area contributed by atoms with Gasteiger partial charge in [-0.25, -0.2) is 4.39 Å².